The van der Waals surface area contributed by atoms with Crippen LogP contribution in [-0.4, -0.2) is 29.0 Å². The van der Waals surface area contributed by atoms with E-state index in [-0.39, 0.29) is 5.57 Å². The highest BCUT2D eigenvalue weighted by Gasteiger charge is 2.37. The number of imide groups is 2. The van der Waals surface area contributed by atoms with E-state index < -0.39 is 17.8 Å². The normalized spacial score (nSPS) is 14.9. The first-order chi connectivity index (χ1) is 18.4. The number of rotatable bonds is 7. The van der Waals surface area contributed by atoms with E-state index in [1.54, 1.807) is 18.2 Å². The first-order valence-electron chi connectivity index (χ1n) is 12.6. The number of para-hydroxylation sites is 1. The van der Waals surface area contributed by atoms with E-state index in [1.807, 2.05) is 80.1 Å². The lowest BCUT2D eigenvalue weighted by atomic mass is 10.1. The third-order valence-electron chi connectivity index (χ3n) is 6.74. The highest BCUT2D eigenvalue weighted by Crippen LogP contribution is 2.27. The molecule has 4 amide bonds. The molecular weight excluding hydrogens is 478 g/mol. The van der Waals surface area contributed by atoms with Crippen molar-refractivity contribution in [1.29, 1.82) is 0 Å². The summed E-state index contributed by atoms with van der Waals surface area (Å²) in [5, 5.41) is 3.20. The van der Waals surface area contributed by atoms with Crippen LogP contribution in [0.5, 0.6) is 5.75 Å². The molecule has 0 atom stereocenters. The van der Waals surface area contributed by atoms with Gasteiger partial charge in [0.25, 0.3) is 11.8 Å². The summed E-state index contributed by atoms with van der Waals surface area (Å²) in [7, 11) is 0. The minimum Gasteiger partial charge on any atom is -0.491 e. The number of carbonyl (C=O) groups is 3. The fourth-order valence-electron chi connectivity index (χ4n) is 4.72. The molecule has 0 radical (unpaired) electrons. The van der Waals surface area contributed by atoms with Gasteiger partial charge in [-0.2, -0.15) is 0 Å². The molecule has 1 aliphatic heterocycles. The zero-order valence-corrected chi connectivity index (χ0v) is 21.7. The maximum atomic E-state index is 13.4. The Hall–Kier alpha value is -4.65. The van der Waals surface area contributed by atoms with E-state index >= 15 is 0 Å². The molecule has 0 aliphatic carbocycles. The molecule has 1 N–H and O–H groups in total. The van der Waals surface area contributed by atoms with Gasteiger partial charge in [0, 0.05) is 22.7 Å². The Morgan fingerprint density at radius 2 is 1.71 bits per heavy atom. The molecule has 4 aromatic rings. The number of barbiturate groups is 1. The van der Waals surface area contributed by atoms with Gasteiger partial charge in [0.15, 0.2) is 0 Å². The summed E-state index contributed by atoms with van der Waals surface area (Å²) in [5.74, 6) is -0.523. The van der Waals surface area contributed by atoms with Gasteiger partial charge in [-0.25, -0.2) is 9.69 Å². The Balaban J connectivity index is 1.43. The molecule has 0 unspecified atom stereocenters. The minimum absolute atomic E-state index is 0.0985. The summed E-state index contributed by atoms with van der Waals surface area (Å²) in [5.41, 5.74) is 5.32. The molecule has 0 bridgehead atoms. The maximum absolute atomic E-state index is 13.4. The number of hydrogen-bond donors (Lipinski definition) is 1. The van der Waals surface area contributed by atoms with Crippen molar-refractivity contribution in [2.24, 2.45) is 0 Å². The Labute approximate surface area is 221 Å². The number of aromatic nitrogens is 1. The standard InChI is InChI=1S/C31H29N3O4/c1-4-22-10-12-24(13-11-22)34-30(36)26(29(35)32-31(34)37)18-23-19-33(27-8-6-5-7-25(23)27)15-16-38-28-14-9-20(2)17-21(28)3/h5-14,17-19H,4,15-16H2,1-3H3,(H,32,35,37)/b26-18-. The van der Waals surface area contributed by atoms with Crippen molar-refractivity contribution in [1.82, 2.24) is 9.88 Å². The van der Waals surface area contributed by atoms with E-state index in [0.29, 0.717) is 24.4 Å². The number of nitrogens with one attached hydrogen (secondary N) is 1. The van der Waals surface area contributed by atoms with Crippen LogP contribution in [0, 0.1) is 13.8 Å². The molecule has 7 nitrogen and oxygen atoms in total. The van der Waals surface area contributed by atoms with Gasteiger partial charge in [0.1, 0.15) is 17.9 Å². The van der Waals surface area contributed by atoms with Crippen LogP contribution in [0.4, 0.5) is 10.5 Å². The second-order valence-electron chi connectivity index (χ2n) is 9.39. The van der Waals surface area contributed by atoms with Crippen molar-refractivity contribution < 1.29 is 19.1 Å². The molecule has 0 spiro atoms. The van der Waals surface area contributed by atoms with Crippen molar-refractivity contribution in [3.8, 4) is 5.75 Å². The molecule has 5 rings (SSSR count). The fraction of sp³-hybridized carbons (Fsp3) is 0.194. The molecule has 1 saturated heterocycles. The highest BCUT2D eigenvalue weighted by atomic mass is 16.5. The number of carbonyl (C=O) groups excluding carboxylic acids is 3. The largest absolute Gasteiger partial charge is 0.491 e. The van der Waals surface area contributed by atoms with E-state index in [1.165, 1.54) is 5.56 Å². The summed E-state index contributed by atoms with van der Waals surface area (Å²) in [6, 6.07) is 20.3. The smallest absolute Gasteiger partial charge is 0.335 e. The first-order valence-corrected chi connectivity index (χ1v) is 12.6. The van der Waals surface area contributed by atoms with Crippen molar-refractivity contribution in [3.63, 3.8) is 0 Å². The predicted molar refractivity (Wildman–Crippen MR) is 148 cm³/mol. The van der Waals surface area contributed by atoms with Gasteiger partial charge in [0.05, 0.1) is 12.2 Å². The van der Waals surface area contributed by atoms with Crippen LogP contribution in [0.2, 0.25) is 0 Å². The molecule has 7 heteroatoms. The Morgan fingerprint density at radius 3 is 2.45 bits per heavy atom. The second-order valence-corrected chi connectivity index (χ2v) is 9.39. The zero-order chi connectivity index (χ0) is 26.8. The highest BCUT2D eigenvalue weighted by molar-refractivity contribution is 6.39. The third kappa shape index (κ3) is 4.83. The Kier molecular flexibility index (Phi) is 6.83. The summed E-state index contributed by atoms with van der Waals surface area (Å²) in [4.78, 5) is 39.7. The van der Waals surface area contributed by atoms with Crippen LogP contribution >= 0.6 is 0 Å². The molecule has 2 heterocycles. The molecule has 38 heavy (non-hydrogen) atoms. The number of aryl methyl sites for hydroxylation is 3. The lowest BCUT2D eigenvalue weighted by Gasteiger charge is -2.26. The Bertz CT molecular complexity index is 1580. The van der Waals surface area contributed by atoms with E-state index in [9.17, 15) is 14.4 Å². The number of amides is 4. The summed E-state index contributed by atoms with van der Waals surface area (Å²) in [6.45, 7) is 7.13. The number of benzene rings is 3. The number of fused-ring (bicyclic) bond motifs is 1. The summed E-state index contributed by atoms with van der Waals surface area (Å²) >= 11 is 0. The van der Waals surface area contributed by atoms with Gasteiger partial charge in [-0.3, -0.25) is 14.9 Å². The van der Waals surface area contributed by atoms with Gasteiger partial charge < -0.3 is 9.30 Å². The third-order valence-corrected chi connectivity index (χ3v) is 6.74. The molecule has 0 saturated carbocycles. The molecule has 1 aromatic heterocycles. The number of anilines is 1. The van der Waals surface area contributed by atoms with Gasteiger partial charge in [-0.15, -0.1) is 0 Å². The first kappa shape index (κ1) is 25.0. The predicted octanol–water partition coefficient (Wildman–Crippen LogP) is 5.57. The molecule has 192 valence electrons. The average molecular weight is 508 g/mol. The van der Waals surface area contributed by atoms with Crippen molar-refractivity contribution in [2.75, 3.05) is 11.5 Å². The minimum atomic E-state index is -0.757. The van der Waals surface area contributed by atoms with E-state index in [4.69, 9.17) is 4.74 Å². The van der Waals surface area contributed by atoms with Crippen LogP contribution in [0.1, 0.15) is 29.2 Å². The fourth-order valence-corrected chi connectivity index (χ4v) is 4.72. The van der Waals surface area contributed by atoms with Crippen LogP contribution in [-0.2, 0) is 22.6 Å². The maximum Gasteiger partial charge on any atom is 0.335 e. The Morgan fingerprint density at radius 1 is 0.947 bits per heavy atom. The molecule has 1 fully saturated rings. The summed E-state index contributed by atoms with van der Waals surface area (Å²) in [6.07, 6.45) is 4.30. The van der Waals surface area contributed by atoms with Crippen LogP contribution in [0.3, 0.4) is 0 Å². The SMILES string of the molecule is CCc1ccc(N2C(=O)NC(=O)/C(=C/c3cn(CCOc4ccc(C)cc4C)c4ccccc34)C2=O)cc1. The van der Waals surface area contributed by atoms with Crippen molar-refractivity contribution >= 4 is 40.5 Å². The zero-order valence-electron chi connectivity index (χ0n) is 21.7. The quantitative estimate of drug-likeness (QED) is 0.262. The van der Waals surface area contributed by atoms with Crippen LogP contribution < -0.4 is 15.0 Å². The number of nitrogens with zero attached hydrogens (tertiary/aromatic N) is 2. The lowest BCUT2D eigenvalue weighted by Crippen LogP contribution is -2.54. The van der Waals surface area contributed by atoms with Crippen molar-refractivity contribution in [3.05, 3.63) is 101 Å². The molecule has 3 aromatic carbocycles. The molecule has 1 aliphatic rings. The van der Waals surface area contributed by atoms with E-state index in [0.717, 1.165) is 39.1 Å². The topological polar surface area (TPSA) is 80.6 Å². The monoisotopic (exact) mass is 507 g/mol. The van der Waals surface area contributed by atoms with Crippen LogP contribution in [0.25, 0.3) is 17.0 Å². The van der Waals surface area contributed by atoms with Gasteiger partial charge in [0.2, 0.25) is 0 Å². The number of urea groups is 1. The van der Waals surface area contributed by atoms with Crippen LogP contribution in [0.15, 0.2) is 78.5 Å². The number of hydrogen-bond acceptors (Lipinski definition) is 4. The van der Waals surface area contributed by atoms with Crippen molar-refractivity contribution in [2.45, 2.75) is 33.7 Å². The van der Waals surface area contributed by atoms with Gasteiger partial charge >= 0.3 is 6.03 Å². The lowest BCUT2D eigenvalue weighted by molar-refractivity contribution is -0.122. The average Bonchev–Trinajstić information content (AvgIpc) is 3.25. The summed E-state index contributed by atoms with van der Waals surface area (Å²) < 4.78 is 8.08. The van der Waals surface area contributed by atoms with E-state index in [2.05, 4.69) is 11.4 Å². The number of ether oxygens (including phenoxy) is 1. The van der Waals surface area contributed by atoms with Gasteiger partial charge in [-0.1, -0.05) is 55.0 Å². The molecular formula is C31H29N3O4. The second kappa shape index (κ2) is 10.4. The van der Waals surface area contributed by atoms with Gasteiger partial charge in [-0.05, 0) is 61.7 Å².